The molecule has 1 N–H and O–H groups in total. The van der Waals surface area contributed by atoms with Crippen molar-refractivity contribution in [3.8, 4) is 0 Å². The van der Waals surface area contributed by atoms with E-state index >= 15 is 0 Å². The average Bonchev–Trinajstić information content (AvgIpc) is 2.47. The first-order valence-electron chi connectivity index (χ1n) is 4.35. The molecule has 1 aromatic carbocycles. The molecule has 0 spiro atoms. The molecule has 0 amide bonds. The van der Waals surface area contributed by atoms with Crippen molar-refractivity contribution < 1.29 is 0 Å². The number of benzene rings is 1. The highest BCUT2D eigenvalue weighted by Crippen LogP contribution is 2.24. The highest BCUT2D eigenvalue weighted by atomic mass is 14.7. The molecular formula is C11H13N. The fraction of sp³-hybridized carbons (Fsp3) is 0.273. The number of fused-ring (bicyclic) bond motifs is 1. The van der Waals surface area contributed by atoms with E-state index in [0.717, 1.165) is 0 Å². The summed E-state index contributed by atoms with van der Waals surface area (Å²) in [6.45, 7) is 4.44. The molecule has 62 valence electrons. The summed E-state index contributed by atoms with van der Waals surface area (Å²) in [5, 5.41) is 1.35. The van der Waals surface area contributed by atoms with Gasteiger partial charge in [0.1, 0.15) is 0 Å². The Morgan fingerprint density at radius 2 is 1.92 bits per heavy atom. The number of para-hydroxylation sites is 1. The summed E-state index contributed by atoms with van der Waals surface area (Å²) < 4.78 is 0. The molecule has 1 aromatic heterocycles. The van der Waals surface area contributed by atoms with Crippen molar-refractivity contribution >= 4 is 10.9 Å². The predicted molar refractivity (Wildman–Crippen MR) is 52.4 cm³/mol. The molecule has 0 saturated heterocycles. The van der Waals surface area contributed by atoms with Crippen LogP contribution in [0.1, 0.15) is 25.3 Å². The van der Waals surface area contributed by atoms with Gasteiger partial charge < -0.3 is 4.98 Å². The topological polar surface area (TPSA) is 15.8 Å². The highest BCUT2D eigenvalue weighted by molar-refractivity contribution is 5.83. The van der Waals surface area contributed by atoms with Crippen LogP contribution in [0.2, 0.25) is 0 Å². The van der Waals surface area contributed by atoms with Crippen molar-refractivity contribution in [1.82, 2.24) is 4.98 Å². The van der Waals surface area contributed by atoms with E-state index in [1.165, 1.54) is 16.5 Å². The molecule has 12 heavy (non-hydrogen) atoms. The van der Waals surface area contributed by atoms with Crippen LogP contribution < -0.4 is 0 Å². The lowest BCUT2D eigenvalue weighted by Gasteiger charge is -2.00. The smallest absolute Gasteiger partial charge is 0.0456 e. The Labute approximate surface area is 72.4 Å². The van der Waals surface area contributed by atoms with Crippen LogP contribution in [-0.4, -0.2) is 4.98 Å². The second-order valence-electron chi connectivity index (χ2n) is 3.44. The van der Waals surface area contributed by atoms with E-state index < -0.39 is 0 Å². The van der Waals surface area contributed by atoms with Crippen LogP contribution in [0.15, 0.2) is 30.5 Å². The van der Waals surface area contributed by atoms with Crippen molar-refractivity contribution in [2.75, 3.05) is 0 Å². The maximum absolute atomic E-state index is 3.27. The van der Waals surface area contributed by atoms with Crippen molar-refractivity contribution in [2.45, 2.75) is 19.8 Å². The molecule has 2 rings (SSSR count). The highest BCUT2D eigenvalue weighted by Gasteiger charge is 2.04. The van der Waals surface area contributed by atoms with E-state index in [2.05, 4.69) is 49.3 Å². The normalized spacial score (nSPS) is 11.2. The van der Waals surface area contributed by atoms with Gasteiger partial charge in [-0.15, -0.1) is 0 Å². The van der Waals surface area contributed by atoms with Gasteiger partial charge >= 0.3 is 0 Å². The fourth-order valence-electron chi connectivity index (χ4n) is 1.57. The van der Waals surface area contributed by atoms with Crippen molar-refractivity contribution in [3.63, 3.8) is 0 Å². The summed E-state index contributed by atoms with van der Waals surface area (Å²) >= 11 is 0. The summed E-state index contributed by atoms with van der Waals surface area (Å²) in [4.78, 5) is 3.27. The van der Waals surface area contributed by atoms with Gasteiger partial charge in [0, 0.05) is 17.1 Å². The Bertz CT molecular complexity index is 385. The molecule has 1 nitrogen and oxygen atoms in total. The average molecular weight is 159 g/mol. The standard InChI is InChI=1S/C11H13N/c1-8(2)10-7-12-11-6-4-3-5-9(10)11/h3-8,12H,1-2H3. The first-order chi connectivity index (χ1) is 5.79. The molecule has 2 aromatic rings. The van der Waals surface area contributed by atoms with Gasteiger partial charge in [-0.1, -0.05) is 32.0 Å². The van der Waals surface area contributed by atoms with Gasteiger partial charge in [0.05, 0.1) is 0 Å². The first-order valence-corrected chi connectivity index (χ1v) is 4.35. The SMILES string of the molecule is CC(C)c1c[nH]c2ccccc12. The predicted octanol–water partition coefficient (Wildman–Crippen LogP) is 3.29. The van der Waals surface area contributed by atoms with Crippen LogP contribution in [0.25, 0.3) is 10.9 Å². The van der Waals surface area contributed by atoms with Crippen LogP contribution in [0, 0.1) is 0 Å². The molecule has 0 aliphatic carbocycles. The molecule has 0 aliphatic rings. The van der Waals surface area contributed by atoms with E-state index in [1.54, 1.807) is 0 Å². The Morgan fingerprint density at radius 1 is 1.17 bits per heavy atom. The van der Waals surface area contributed by atoms with Crippen LogP contribution in [-0.2, 0) is 0 Å². The molecule has 1 heteroatoms. The molecule has 0 aliphatic heterocycles. The third kappa shape index (κ3) is 1.02. The number of nitrogens with one attached hydrogen (secondary N) is 1. The van der Waals surface area contributed by atoms with E-state index in [0.29, 0.717) is 5.92 Å². The third-order valence-electron chi connectivity index (χ3n) is 2.24. The van der Waals surface area contributed by atoms with Gasteiger partial charge in [-0.3, -0.25) is 0 Å². The van der Waals surface area contributed by atoms with Gasteiger partial charge in [0.25, 0.3) is 0 Å². The third-order valence-corrected chi connectivity index (χ3v) is 2.24. The van der Waals surface area contributed by atoms with E-state index in [9.17, 15) is 0 Å². The quantitative estimate of drug-likeness (QED) is 0.657. The summed E-state index contributed by atoms with van der Waals surface area (Å²) in [6, 6.07) is 8.42. The van der Waals surface area contributed by atoms with E-state index in [1.807, 2.05) is 0 Å². The number of rotatable bonds is 1. The molecular weight excluding hydrogens is 146 g/mol. The number of aromatic amines is 1. The molecule has 1 heterocycles. The number of hydrogen-bond donors (Lipinski definition) is 1. The van der Waals surface area contributed by atoms with Gasteiger partial charge in [-0.25, -0.2) is 0 Å². The number of H-pyrrole nitrogens is 1. The number of aromatic nitrogens is 1. The molecule has 0 unspecified atom stereocenters. The Balaban J connectivity index is 2.70. The number of hydrogen-bond acceptors (Lipinski definition) is 0. The lowest BCUT2D eigenvalue weighted by molar-refractivity contribution is 0.875. The Morgan fingerprint density at radius 3 is 2.67 bits per heavy atom. The van der Waals surface area contributed by atoms with Gasteiger partial charge in [-0.05, 0) is 17.5 Å². The van der Waals surface area contributed by atoms with Gasteiger partial charge in [-0.2, -0.15) is 0 Å². The minimum Gasteiger partial charge on any atom is -0.361 e. The summed E-state index contributed by atoms with van der Waals surface area (Å²) in [7, 11) is 0. The Kier molecular flexibility index (Phi) is 1.65. The minimum absolute atomic E-state index is 0.598. The monoisotopic (exact) mass is 159 g/mol. The largest absolute Gasteiger partial charge is 0.361 e. The summed E-state index contributed by atoms with van der Waals surface area (Å²) in [5.41, 5.74) is 2.65. The zero-order chi connectivity index (χ0) is 8.55. The van der Waals surface area contributed by atoms with Crippen molar-refractivity contribution in [2.24, 2.45) is 0 Å². The molecule has 0 radical (unpaired) electrons. The summed E-state index contributed by atoms with van der Waals surface area (Å²) in [6.07, 6.45) is 2.11. The van der Waals surface area contributed by atoms with Crippen LogP contribution in [0.4, 0.5) is 0 Å². The van der Waals surface area contributed by atoms with Gasteiger partial charge in [0.15, 0.2) is 0 Å². The van der Waals surface area contributed by atoms with E-state index in [4.69, 9.17) is 0 Å². The molecule has 0 fully saturated rings. The maximum atomic E-state index is 3.27. The van der Waals surface area contributed by atoms with Crippen molar-refractivity contribution in [1.29, 1.82) is 0 Å². The zero-order valence-corrected chi connectivity index (χ0v) is 7.46. The lowest BCUT2D eigenvalue weighted by Crippen LogP contribution is -1.82. The first kappa shape index (κ1) is 7.41. The Hall–Kier alpha value is -1.24. The fourth-order valence-corrected chi connectivity index (χ4v) is 1.57. The second kappa shape index (κ2) is 2.67. The molecule has 0 atom stereocenters. The maximum Gasteiger partial charge on any atom is 0.0456 e. The van der Waals surface area contributed by atoms with Crippen LogP contribution >= 0.6 is 0 Å². The van der Waals surface area contributed by atoms with Crippen LogP contribution in [0.3, 0.4) is 0 Å². The van der Waals surface area contributed by atoms with Crippen LogP contribution in [0.5, 0.6) is 0 Å². The zero-order valence-electron chi connectivity index (χ0n) is 7.46. The summed E-state index contributed by atoms with van der Waals surface area (Å²) in [5.74, 6) is 0.598. The van der Waals surface area contributed by atoms with E-state index in [-0.39, 0.29) is 0 Å². The molecule has 0 saturated carbocycles. The van der Waals surface area contributed by atoms with Gasteiger partial charge in [0.2, 0.25) is 0 Å². The lowest BCUT2D eigenvalue weighted by atomic mass is 10.0. The molecule has 0 bridgehead atoms. The van der Waals surface area contributed by atoms with Crippen molar-refractivity contribution in [3.05, 3.63) is 36.0 Å². The second-order valence-corrected chi connectivity index (χ2v) is 3.44. The minimum atomic E-state index is 0.598.